The summed E-state index contributed by atoms with van der Waals surface area (Å²) >= 11 is 1.84. The van der Waals surface area contributed by atoms with Crippen molar-refractivity contribution in [1.82, 2.24) is 4.98 Å². The van der Waals surface area contributed by atoms with Gasteiger partial charge in [-0.05, 0) is 24.8 Å². The Morgan fingerprint density at radius 2 is 2.40 bits per heavy atom. The second-order valence-corrected chi connectivity index (χ2v) is 4.17. The van der Waals surface area contributed by atoms with Gasteiger partial charge in [0.25, 0.3) is 0 Å². The van der Waals surface area contributed by atoms with Crippen molar-refractivity contribution in [3.8, 4) is 5.75 Å². The molecule has 0 saturated heterocycles. The molecule has 0 bridgehead atoms. The predicted molar refractivity (Wildman–Crippen MR) is 66.9 cm³/mol. The summed E-state index contributed by atoms with van der Waals surface area (Å²) in [5.41, 5.74) is 0. The lowest BCUT2D eigenvalue weighted by Gasteiger charge is -2.17. The third-order valence-electron chi connectivity index (χ3n) is 2.19. The highest BCUT2D eigenvalue weighted by molar-refractivity contribution is 7.98. The highest BCUT2D eigenvalue weighted by atomic mass is 32.2. The molecule has 0 saturated carbocycles. The zero-order valence-corrected chi connectivity index (χ0v) is 10.3. The fraction of sp³-hybridized carbons (Fsp3) is 0.545. The van der Waals surface area contributed by atoms with Crippen LogP contribution in [0.15, 0.2) is 18.3 Å². The molecule has 0 radical (unpaired) electrons. The van der Waals surface area contributed by atoms with E-state index in [0.29, 0.717) is 6.04 Å². The third-order valence-corrected chi connectivity index (χ3v) is 2.93. The maximum Gasteiger partial charge on any atom is 0.168 e. The molecule has 0 fully saturated rings. The molecular formula is C11H18N2OS. The first-order valence-electron chi connectivity index (χ1n) is 5.06. The van der Waals surface area contributed by atoms with Crippen molar-refractivity contribution >= 4 is 17.6 Å². The Balaban J connectivity index is 2.69. The SMILES string of the molecule is CCC(CSC)Nc1ncccc1OC. The van der Waals surface area contributed by atoms with Crippen LogP contribution in [-0.4, -0.2) is 30.1 Å². The maximum absolute atomic E-state index is 5.24. The third kappa shape index (κ3) is 3.63. The predicted octanol–water partition coefficient (Wildman–Crippen LogP) is 2.64. The lowest BCUT2D eigenvalue weighted by atomic mass is 10.2. The van der Waals surface area contributed by atoms with Crippen LogP contribution in [0.25, 0.3) is 0 Å². The summed E-state index contributed by atoms with van der Waals surface area (Å²) in [6, 6.07) is 4.24. The number of nitrogens with one attached hydrogen (secondary N) is 1. The average Bonchev–Trinajstić information content (AvgIpc) is 2.29. The van der Waals surface area contributed by atoms with Gasteiger partial charge in [0.1, 0.15) is 0 Å². The molecule has 0 spiro atoms. The van der Waals surface area contributed by atoms with E-state index in [0.717, 1.165) is 23.7 Å². The number of nitrogens with zero attached hydrogens (tertiary/aromatic N) is 1. The maximum atomic E-state index is 5.24. The quantitative estimate of drug-likeness (QED) is 0.808. The molecular weight excluding hydrogens is 208 g/mol. The number of methoxy groups -OCH3 is 1. The van der Waals surface area contributed by atoms with Crippen LogP contribution < -0.4 is 10.1 Å². The van der Waals surface area contributed by atoms with Gasteiger partial charge in [0.2, 0.25) is 0 Å². The van der Waals surface area contributed by atoms with Gasteiger partial charge in [-0.2, -0.15) is 11.8 Å². The van der Waals surface area contributed by atoms with Crippen LogP contribution in [0.1, 0.15) is 13.3 Å². The van der Waals surface area contributed by atoms with Crippen molar-refractivity contribution < 1.29 is 4.74 Å². The fourth-order valence-corrected chi connectivity index (χ4v) is 2.04. The van der Waals surface area contributed by atoms with Gasteiger partial charge >= 0.3 is 0 Å². The highest BCUT2D eigenvalue weighted by Gasteiger charge is 2.09. The molecule has 0 amide bonds. The average molecular weight is 226 g/mol. The van der Waals surface area contributed by atoms with Crippen LogP contribution in [0.2, 0.25) is 0 Å². The molecule has 0 aromatic carbocycles. The molecule has 1 N–H and O–H groups in total. The van der Waals surface area contributed by atoms with Crippen LogP contribution in [0, 0.1) is 0 Å². The molecule has 84 valence electrons. The first-order chi connectivity index (χ1) is 7.31. The van der Waals surface area contributed by atoms with E-state index in [9.17, 15) is 0 Å². The molecule has 0 aliphatic heterocycles. The lowest BCUT2D eigenvalue weighted by Crippen LogP contribution is -2.22. The van der Waals surface area contributed by atoms with Crippen molar-refractivity contribution in [2.24, 2.45) is 0 Å². The lowest BCUT2D eigenvalue weighted by molar-refractivity contribution is 0.414. The van der Waals surface area contributed by atoms with E-state index in [1.807, 2.05) is 23.9 Å². The summed E-state index contributed by atoms with van der Waals surface area (Å²) in [5.74, 6) is 2.72. The normalized spacial score (nSPS) is 12.2. The summed E-state index contributed by atoms with van der Waals surface area (Å²) in [6.07, 6.45) is 4.97. The summed E-state index contributed by atoms with van der Waals surface area (Å²) < 4.78 is 5.24. The standard InChI is InChI=1S/C11H18N2OS/c1-4-9(8-15-3)13-11-10(14-2)6-5-7-12-11/h5-7,9H,4,8H2,1-3H3,(H,12,13). The minimum atomic E-state index is 0.448. The molecule has 1 rings (SSSR count). The zero-order valence-electron chi connectivity index (χ0n) is 9.49. The number of anilines is 1. The van der Waals surface area contributed by atoms with Crippen LogP contribution >= 0.6 is 11.8 Å². The summed E-state index contributed by atoms with van der Waals surface area (Å²) in [4.78, 5) is 4.27. The Labute approximate surface area is 95.6 Å². The molecule has 1 heterocycles. The van der Waals surface area contributed by atoms with E-state index in [-0.39, 0.29) is 0 Å². The first-order valence-corrected chi connectivity index (χ1v) is 6.45. The van der Waals surface area contributed by atoms with E-state index in [4.69, 9.17) is 4.74 Å². The number of hydrogen-bond acceptors (Lipinski definition) is 4. The molecule has 1 aromatic rings. The van der Waals surface area contributed by atoms with Gasteiger partial charge in [-0.1, -0.05) is 6.92 Å². The largest absolute Gasteiger partial charge is 0.493 e. The second-order valence-electron chi connectivity index (χ2n) is 3.26. The number of aromatic nitrogens is 1. The molecule has 4 heteroatoms. The second kappa shape index (κ2) is 6.56. The van der Waals surface area contributed by atoms with Gasteiger partial charge < -0.3 is 10.1 Å². The minimum absolute atomic E-state index is 0.448. The summed E-state index contributed by atoms with van der Waals surface area (Å²) in [6.45, 7) is 2.17. The van der Waals surface area contributed by atoms with E-state index < -0.39 is 0 Å². The van der Waals surface area contributed by atoms with E-state index in [1.54, 1.807) is 13.3 Å². The highest BCUT2D eigenvalue weighted by Crippen LogP contribution is 2.21. The summed E-state index contributed by atoms with van der Waals surface area (Å²) in [5, 5.41) is 3.39. The van der Waals surface area contributed by atoms with Gasteiger partial charge in [0.05, 0.1) is 7.11 Å². The number of ether oxygens (including phenoxy) is 1. The first kappa shape index (κ1) is 12.2. The van der Waals surface area contributed by atoms with E-state index in [2.05, 4.69) is 23.5 Å². The van der Waals surface area contributed by atoms with Crippen molar-refractivity contribution in [2.45, 2.75) is 19.4 Å². The Kier molecular flexibility index (Phi) is 5.32. The Bertz CT molecular complexity index is 294. The molecule has 0 aliphatic carbocycles. The Morgan fingerprint density at radius 3 is 3.00 bits per heavy atom. The number of rotatable bonds is 6. The van der Waals surface area contributed by atoms with Gasteiger partial charge in [-0.25, -0.2) is 4.98 Å². The molecule has 3 nitrogen and oxygen atoms in total. The molecule has 15 heavy (non-hydrogen) atoms. The van der Waals surface area contributed by atoms with Gasteiger partial charge in [0, 0.05) is 18.0 Å². The van der Waals surface area contributed by atoms with Crippen LogP contribution in [-0.2, 0) is 0 Å². The van der Waals surface area contributed by atoms with Gasteiger partial charge in [-0.15, -0.1) is 0 Å². The minimum Gasteiger partial charge on any atom is -0.493 e. The van der Waals surface area contributed by atoms with Gasteiger partial charge in [-0.3, -0.25) is 0 Å². The van der Waals surface area contributed by atoms with Crippen molar-refractivity contribution in [3.05, 3.63) is 18.3 Å². The van der Waals surface area contributed by atoms with Gasteiger partial charge in [0.15, 0.2) is 11.6 Å². The molecule has 1 atom stereocenters. The Morgan fingerprint density at radius 1 is 1.60 bits per heavy atom. The van der Waals surface area contributed by atoms with Crippen LogP contribution in [0.3, 0.4) is 0 Å². The number of hydrogen-bond donors (Lipinski definition) is 1. The van der Waals surface area contributed by atoms with Crippen molar-refractivity contribution in [1.29, 1.82) is 0 Å². The molecule has 1 unspecified atom stereocenters. The smallest absolute Gasteiger partial charge is 0.168 e. The van der Waals surface area contributed by atoms with Crippen LogP contribution in [0.5, 0.6) is 5.75 Å². The number of thioether (sulfide) groups is 1. The van der Waals surface area contributed by atoms with Crippen molar-refractivity contribution in [2.75, 3.05) is 24.4 Å². The van der Waals surface area contributed by atoms with E-state index >= 15 is 0 Å². The monoisotopic (exact) mass is 226 g/mol. The topological polar surface area (TPSA) is 34.2 Å². The number of pyridine rings is 1. The van der Waals surface area contributed by atoms with Crippen molar-refractivity contribution in [3.63, 3.8) is 0 Å². The summed E-state index contributed by atoms with van der Waals surface area (Å²) in [7, 11) is 1.66. The molecule has 0 aliphatic rings. The van der Waals surface area contributed by atoms with Crippen LogP contribution in [0.4, 0.5) is 5.82 Å². The Hall–Kier alpha value is -0.900. The fourth-order valence-electron chi connectivity index (χ4n) is 1.32. The molecule has 1 aromatic heterocycles. The zero-order chi connectivity index (χ0) is 11.1. The van der Waals surface area contributed by atoms with E-state index in [1.165, 1.54) is 0 Å².